The molecule has 0 aromatic carbocycles. The zero-order chi connectivity index (χ0) is 2.71. The van der Waals surface area contributed by atoms with Gasteiger partial charge >= 0.3 is 48.9 Å². The Morgan fingerprint density at radius 1 is 1.75 bits per heavy atom. The summed E-state index contributed by atoms with van der Waals surface area (Å²) in [4.78, 5) is 8.35. The van der Waals surface area contributed by atoms with Crippen molar-refractivity contribution in [2.75, 3.05) is 0 Å². The van der Waals surface area contributed by atoms with Gasteiger partial charge in [0.25, 0.3) is 0 Å². The number of hydrogen-bond acceptors (Lipinski definition) is 2. The van der Waals surface area contributed by atoms with Gasteiger partial charge in [-0.15, -0.1) is 0 Å². The summed E-state index contributed by atoms with van der Waals surface area (Å²) in [7, 11) is -1.08. The van der Waals surface area contributed by atoms with Crippen LogP contribution in [0.4, 0.5) is 0 Å². The molecule has 0 amide bonds. The predicted molar refractivity (Wildman–Crippen MR) is 13.4 cm³/mol. The SMILES string of the molecule is O=P[O-].[Ba+2]. The van der Waals surface area contributed by atoms with Crippen molar-refractivity contribution in [2.24, 2.45) is 0 Å². The molecule has 0 aliphatic carbocycles. The molecule has 0 unspecified atom stereocenters. The third kappa shape index (κ3) is 9.45. The second-order valence-electron chi connectivity index (χ2n) is 0.0745. The van der Waals surface area contributed by atoms with E-state index in [0.717, 1.165) is 0 Å². The Hall–Kier alpha value is 1.63. The van der Waals surface area contributed by atoms with Crippen molar-refractivity contribution in [3.63, 3.8) is 0 Å². The van der Waals surface area contributed by atoms with E-state index in [2.05, 4.69) is 0 Å². The smallest absolute Gasteiger partial charge is 0.772 e. The van der Waals surface area contributed by atoms with Gasteiger partial charge in [-0.05, 0) is 0 Å². The molecule has 0 heterocycles. The maximum Gasteiger partial charge on any atom is 2.00 e. The molecule has 0 saturated heterocycles. The Labute approximate surface area is 66.0 Å². The van der Waals surface area contributed by atoms with Crippen LogP contribution < -0.4 is 4.89 Å². The molecule has 4 heteroatoms. The molecule has 0 saturated carbocycles. The third-order valence-electron chi connectivity index (χ3n) is 0. The van der Waals surface area contributed by atoms with Crippen molar-refractivity contribution in [3.8, 4) is 0 Å². The van der Waals surface area contributed by atoms with Gasteiger partial charge in [0.2, 0.25) is 0 Å². The van der Waals surface area contributed by atoms with E-state index in [9.17, 15) is 0 Å². The minimum absolute atomic E-state index is 0. The minimum atomic E-state index is -1.08. The molecule has 0 rings (SSSR count). The van der Waals surface area contributed by atoms with Gasteiger partial charge in [-0.3, -0.25) is 4.57 Å². The average Bonchev–Trinajstić information content (AvgIpc) is 0.918. The Balaban J connectivity index is 0. The van der Waals surface area contributed by atoms with Crippen molar-refractivity contribution >= 4 is 57.6 Å². The van der Waals surface area contributed by atoms with E-state index in [-0.39, 0.29) is 48.9 Å². The topological polar surface area (TPSA) is 40.1 Å². The molecule has 4 heavy (non-hydrogen) atoms. The maximum atomic E-state index is 8.35. The first-order valence-corrected chi connectivity index (χ1v) is 1.10. The Bertz CT molecular complexity index is 13.5. The van der Waals surface area contributed by atoms with Crippen molar-refractivity contribution in [3.05, 3.63) is 0 Å². The molecule has 2 nitrogen and oxygen atoms in total. The largest absolute Gasteiger partial charge is 2.00 e. The summed E-state index contributed by atoms with van der Waals surface area (Å²) in [5.41, 5.74) is 0. The van der Waals surface area contributed by atoms with Crippen LogP contribution in [0.5, 0.6) is 0 Å². The second-order valence-corrected chi connectivity index (χ2v) is 0.224. The molecule has 0 aromatic heterocycles. The van der Waals surface area contributed by atoms with Gasteiger partial charge in [0.05, 0.1) is 8.69 Å². The fourth-order valence-corrected chi connectivity index (χ4v) is 0. The molecule has 18 valence electrons. The average molecular weight is 200 g/mol. The van der Waals surface area contributed by atoms with Gasteiger partial charge in [-0.25, -0.2) is 0 Å². The van der Waals surface area contributed by atoms with Crippen LogP contribution in [-0.4, -0.2) is 48.9 Å². The molecule has 0 bridgehead atoms. The fraction of sp³-hybridized carbons (Fsp3) is 0. The van der Waals surface area contributed by atoms with Crippen LogP contribution in [0.25, 0.3) is 0 Å². The van der Waals surface area contributed by atoms with Gasteiger partial charge in [-0.2, -0.15) is 0 Å². The van der Waals surface area contributed by atoms with E-state index >= 15 is 0 Å². The summed E-state index contributed by atoms with van der Waals surface area (Å²) < 4.78 is 8.35. The van der Waals surface area contributed by atoms with Gasteiger partial charge in [0.1, 0.15) is 0 Å². The summed E-state index contributed by atoms with van der Waals surface area (Å²) in [5, 5.41) is 0. The van der Waals surface area contributed by atoms with E-state index in [1.807, 2.05) is 0 Å². The monoisotopic (exact) mass is 201 g/mol. The van der Waals surface area contributed by atoms with Crippen LogP contribution in [0.1, 0.15) is 0 Å². The van der Waals surface area contributed by atoms with Crippen molar-refractivity contribution in [1.29, 1.82) is 0 Å². The van der Waals surface area contributed by atoms with Crippen molar-refractivity contribution in [1.82, 2.24) is 0 Å². The zero-order valence-corrected chi connectivity index (χ0v) is 7.31. The molecule has 0 atom stereocenters. The van der Waals surface area contributed by atoms with Crippen LogP contribution in [0.15, 0.2) is 0 Å². The van der Waals surface area contributed by atoms with Gasteiger partial charge in [0, 0.05) is 0 Å². The van der Waals surface area contributed by atoms with E-state index in [4.69, 9.17) is 9.46 Å². The Kier molecular flexibility index (Phi) is 20.2. The van der Waals surface area contributed by atoms with Crippen LogP contribution in [-0.2, 0) is 4.57 Å². The number of hydrogen-bond donors (Lipinski definition) is 0. The molecular weight excluding hydrogens is 200 g/mol. The quantitative estimate of drug-likeness (QED) is 0.378. The van der Waals surface area contributed by atoms with Gasteiger partial charge in [0.15, 0.2) is 0 Å². The Morgan fingerprint density at radius 3 is 1.75 bits per heavy atom. The van der Waals surface area contributed by atoms with Gasteiger partial charge < -0.3 is 4.89 Å². The molecular formula is BaO2P+. The van der Waals surface area contributed by atoms with E-state index in [1.54, 1.807) is 0 Å². The summed E-state index contributed by atoms with van der Waals surface area (Å²) in [6, 6.07) is 0. The summed E-state index contributed by atoms with van der Waals surface area (Å²) in [5.74, 6) is 0. The summed E-state index contributed by atoms with van der Waals surface area (Å²) in [6.07, 6.45) is 0. The van der Waals surface area contributed by atoms with Crippen LogP contribution in [0, 0.1) is 0 Å². The molecule has 0 aromatic rings. The first kappa shape index (κ1) is 9.16. The van der Waals surface area contributed by atoms with Crippen molar-refractivity contribution < 1.29 is 9.46 Å². The molecule has 0 aliphatic heterocycles. The molecule has 0 spiro atoms. The Morgan fingerprint density at radius 2 is 1.75 bits per heavy atom. The van der Waals surface area contributed by atoms with E-state index in [1.165, 1.54) is 0 Å². The second kappa shape index (κ2) is 8.82. The van der Waals surface area contributed by atoms with Crippen LogP contribution >= 0.6 is 8.69 Å². The standard InChI is InChI=1S/Ba.HO2P/c;1-3-2/h;(H,1,2)/q+2;/p-1. The molecule has 0 N–H and O–H groups in total. The summed E-state index contributed by atoms with van der Waals surface area (Å²) in [6.45, 7) is 0. The van der Waals surface area contributed by atoms with E-state index < -0.39 is 8.69 Å². The predicted octanol–water partition coefficient (Wildman–Crippen LogP) is -0.827. The minimum Gasteiger partial charge on any atom is -0.772 e. The van der Waals surface area contributed by atoms with Crippen LogP contribution in [0.3, 0.4) is 0 Å². The van der Waals surface area contributed by atoms with E-state index in [0.29, 0.717) is 0 Å². The normalized spacial score (nSPS) is 5.25. The maximum absolute atomic E-state index is 8.35. The fourth-order valence-electron chi connectivity index (χ4n) is 0. The zero-order valence-electron chi connectivity index (χ0n) is 1.97. The summed E-state index contributed by atoms with van der Waals surface area (Å²) >= 11 is 0. The van der Waals surface area contributed by atoms with Crippen molar-refractivity contribution in [2.45, 2.75) is 0 Å². The third-order valence-corrected chi connectivity index (χ3v) is 0. The van der Waals surface area contributed by atoms with Crippen LogP contribution in [0.2, 0.25) is 0 Å². The molecule has 0 radical (unpaired) electrons. The molecule has 0 aliphatic rings. The number of rotatable bonds is 0. The molecule has 0 fully saturated rings. The van der Waals surface area contributed by atoms with Gasteiger partial charge in [-0.1, -0.05) is 0 Å². The first-order chi connectivity index (χ1) is 1.41. The first-order valence-electron chi connectivity index (χ1n) is 0.365.